The van der Waals surface area contributed by atoms with Gasteiger partial charge in [0.05, 0.1) is 17.9 Å². The van der Waals surface area contributed by atoms with Crippen LogP contribution in [-0.2, 0) is 4.74 Å². The second kappa shape index (κ2) is 6.87. The largest absolute Gasteiger partial charge is 0.489 e. The highest BCUT2D eigenvalue weighted by molar-refractivity contribution is 5.26. The number of pyridine rings is 1. The molecule has 0 amide bonds. The summed E-state index contributed by atoms with van der Waals surface area (Å²) >= 11 is 0. The fraction of sp³-hybridized carbons (Fsp3) is 0.667. The number of rotatable bonds is 7. The van der Waals surface area contributed by atoms with Crippen molar-refractivity contribution in [3.05, 3.63) is 24.0 Å². The number of hydrogen-bond donors (Lipinski definition) is 1. The zero-order chi connectivity index (χ0) is 14.5. The Morgan fingerprint density at radius 2 is 2.00 bits per heavy atom. The van der Waals surface area contributed by atoms with Crippen molar-refractivity contribution < 1.29 is 9.47 Å². The summed E-state index contributed by atoms with van der Waals surface area (Å²) in [7, 11) is 3.69. The van der Waals surface area contributed by atoms with E-state index in [1.165, 1.54) is 0 Å². The Balaban J connectivity index is 2.86. The number of methoxy groups -OCH3 is 1. The molecule has 19 heavy (non-hydrogen) atoms. The van der Waals surface area contributed by atoms with Gasteiger partial charge in [-0.2, -0.15) is 0 Å². The lowest BCUT2D eigenvalue weighted by Gasteiger charge is -2.28. The Morgan fingerprint density at radius 3 is 2.53 bits per heavy atom. The molecular weight excluding hydrogens is 240 g/mol. The van der Waals surface area contributed by atoms with Crippen LogP contribution in [0.5, 0.6) is 5.75 Å². The zero-order valence-corrected chi connectivity index (χ0v) is 12.9. The van der Waals surface area contributed by atoms with Gasteiger partial charge in [0.15, 0.2) is 0 Å². The monoisotopic (exact) mass is 266 g/mol. The van der Waals surface area contributed by atoms with Gasteiger partial charge in [0, 0.05) is 19.3 Å². The van der Waals surface area contributed by atoms with Gasteiger partial charge < -0.3 is 14.8 Å². The second-order valence-electron chi connectivity index (χ2n) is 5.63. The van der Waals surface area contributed by atoms with Gasteiger partial charge in [-0.25, -0.2) is 0 Å². The molecule has 0 aliphatic rings. The highest BCUT2D eigenvalue weighted by Crippen LogP contribution is 2.27. The molecule has 0 fully saturated rings. The minimum Gasteiger partial charge on any atom is -0.489 e. The van der Waals surface area contributed by atoms with Crippen LogP contribution in [-0.4, -0.2) is 30.8 Å². The topological polar surface area (TPSA) is 43.4 Å². The third-order valence-electron chi connectivity index (χ3n) is 3.11. The maximum absolute atomic E-state index is 5.68. The minimum absolute atomic E-state index is 0.153. The van der Waals surface area contributed by atoms with Crippen molar-refractivity contribution in [2.45, 2.75) is 51.9 Å². The van der Waals surface area contributed by atoms with Gasteiger partial charge in [0.2, 0.25) is 0 Å². The average molecular weight is 266 g/mol. The number of aromatic nitrogens is 1. The van der Waals surface area contributed by atoms with Crippen molar-refractivity contribution in [3.63, 3.8) is 0 Å². The van der Waals surface area contributed by atoms with E-state index in [0.717, 1.165) is 17.7 Å². The summed E-state index contributed by atoms with van der Waals surface area (Å²) in [6, 6.07) is 2.23. The van der Waals surface area contributed by atoms with E-state index in [9.17, 15) is 0 Å². The van der Waals surface area contributed by atoms with Crippen LogP contribution >= 0.6 is 0 Å². The molecule has 4 heteroatoms. The number of nitrogens with one attached hydrogen (secondary N) is 1. The van der Waals surface area contributed by atoms with E-state index in [1.807, 2.05) is 33.2 Å². The molecule has 1 heterocycles. The molecule has 0 bridgehead atoms. The Hall–Kier alpha value is -1.13. The molecule has 0 saturated heterocycles. The molecule has 4 nitrogen and oxygen atoms in total. The Kier molecular flexibility index (Phi) is 5.76. The molecule has 0 aromatic carbocycles. The Labute approximate surface area is 116 Å². The summed E-state index contributed by atoms with van der Waals surface area (Å²) < 4.78 is 11.2. The lowest BCUT2D eigenvalue weighted by atomic mass is 9.94. The maximum Gasteiger partial charge on any atom is 0.138 e. The normalized spacial score (nSPS) is 13.6. The van der Waals surface area contributed by atoms with Gasteiger partial charge in [-0.1, -0.05) is 0 Å². The molecule has 1 N–H and O–H groups in total. The first-order valence-electron chi connectivity index (χ1n) is 6.72. The van der Waals surface area contributed by atoms with Crippen LogP contribution in [0.1, 0.15) is 45.7 Å². The van der Waals surface area contributed by atoms with Gasteiger partial charge in [0.25, 0.3) is 0 Å². The van der Waals surface area contributed by atoms with Crippen molar-refractivity contribution in [1.29, 1.82) is 0 Å². The van der Waals surface area contributed by atoms with Crippen molar-refractivity contribution in [1.82, 2.24) is 10.3 Å². The zero-order valence-electron chi connectivity index (χ0n) is 12.9. The number of ether oxygens (including phenoxy) is 2. The molecule has 1 unspecified atom stereocenters. The molecule has 0 aliphatic carbocycles. The summed E-state index contributed by atoms with van der Waals surface area (Å²) in [4.78, 5) is 4.26. The first-order valence-corrected chi connectivity index (χ1v) is 6.72. The van der Waals surface area contributed by atoms with Gasteiger partial charge in [-0.3, -0.25) is 4.98 Å². The summed E-state index contributed by atoms with van der Waals surface area (Å²) in [6.45, 7) is 8.19. The summed E-state index contributed by atoms with van der Waals surface area (Å²) in [5.41, 5.74) is 0.938. The smallest absolute Gasteiger partial charge is 0.138 e. The number of hydrogen-bond acceptors (Lipinski definition) is 4. The molecule has 1 aromatic rings. The third kappa shape index (κ3) is 5.17. The van der Waals surface area contributed by atoms with Crippen LogP contribution in [0.3, 0.4) is 0 Å². The Morgan fingerprint density at radius 1 is 1.32 bits per heavy atom. The van der Waals surface area contributed by atoms with E-state index >= 15 is 0 Å². The fourth-order valence-corrected chi connectivity index (χ4v) is 1.92. The van der Waals surface area contributed by atoms with E-state index in [0.29, 0.717) is 0 Å². The van der Waals surface area contributed by atoms with Crippen LogP contribution in [0.25, 0.3) is 0 Å². The highest BCUT2D eigenvalue weighted by atomic mass is 16.5. The van der Waals surface area contributed by atoms with Crippen molar-refractivity contribution in [2.24, 2.45) is 0 Å². The molecule has 108 valence electrons. The predicted molar refractivity (Wildman–Crippen MR) is 77.5 cm³/mol. The van der Waals surface area contributed by atoms with Crippen LogP contribution in [0.15, 0.2) is 18.5 Å². The lowest BCUT2D eigenvalue weighted by molar-refractivity contribution is 0.00739. The van der Waals surface area contributed by atoms with Gasteiger partial charge in [0.1, 0.15) is 5.75 Å². The first kappa shape index (κ1) is 15.9. The van der Waals surface area contributed by atoms with E-state index in [-0.39, 0.29) is 17.7 Å². The first-order chi connectivity index (χ1) is 8.88. The molecule has 1 aromatic heterocycles. The van der Waals surface area contributed by atoms with E-state index in [2.05, 4.69) is 24.1 Å². The Bertz CT molecular complexity index is 391. The van der Waals surface area contributed by atoms with Crippen LogP contribution < -0.4 is 10.1 Å². The van der Waals surface area contributed by atoms with E-state index in [4.69, 9.17) is 9.47 Å². The summed E-state index contributed by atoms with van der Waals surface area (Å²) in [6.07, 6.45) is 4.64. The lowest BCUT2D eigenvalue weighted by Crippen LogP contribution is -2.30. The summed E-state index contributed by atoms with van der Waals surface area (Å²) in [5, 5.41) is 3.31. The quantitative estimate of drug-likeness (QED) is 0.824. The fourth-order valence-electron chi connectivity index (χ4n) is 1.92. The molecule has 0 spiro atoms. The second-order valence-corrected chi connectivity index (χ2v) is 5.63. The van der Waals surface area contributed by atoms with Gasteiger partial charge in [-0.05, 0) is 52.8 Å². The standard InChI is InChI=1S/C15H26N2O2/c1-11(2)19-13-7-12(9-17-10-13)14(16-5)8-15(3,4)18-6/h7,9-11,14,16H,8H2,1-6H3. The molecule has 0 saturated carbocycles. The van der Waals surface area contributed by atoms with Crippen LogP contribution in [0.2, 0.25) is 0 Å². The van der Waals surface area contributed by atoms with E-state index < -0.39 is 0 Å². The summed E-state index contributed by atoms with van der Waals surface area (Å²) in [5.74, 6) is 0.808. The highest BCUT2D eigenvalue weighted by Gasteiger charge is 2.23. The van der Waals surface area contributed by atoms with E-state index in [1.54, 1.807) is 13.3 Å². The molecular formula is C15H26N2O2. The van der Waals surface area contributed by atoms with Crippen molar-refractivity contribution >= 4 is 0 Å². The molecule has 1 rings (SSSR count). The van der Waals surface area contributed by atoms with Gasteiger partial charge in [-0.15, -0.1) is 0 Å². The van der Waals surface area contributed by atoms with Gasteiger partial charge >= 0.3 is 0 Å². The van der Waals surface area contributed by atoms with Crippen molar-refractivity contribution in [2.75, 3.05) is 14.2 Å². The number of nitrogens with zero attached hydrogens (tertiary/aromatic N) is 1. The minimum atomic E-state index is -0.178. The SMILES string of the molecule is CNC(CC(C)(C)OC)c1cncc(OC(C)C)c1. The maximum atomic E-state index is 5.68. The van der Waals surface area contributed by atoms with Crippen molar-refractivity contribution in [3.8, 4) is 5.75 Å². The molecule has 0 radical (unpaired) electrons. The average Bonchev–Trinajstić information content (AvgIpc) is 2.35. The predicted octanol–water partition coefficient (Wildman–Crippen LogP) is 2.94. The van der Waals surface area contributed by atoms with Crippen LogP contribution in [0.4, 0.5) is 0 Å². The third-order valence-corrected chi connectivity index (χ3v) is 3.11. The molecule has 0 aliphatic heterocycles. The van der Waals surface area contributed by atoms with Crippen LogP contribution in [0, 0.1) is 0 Å². The molecule has 1 atom stereocenters.